The molecule has 84 valence electrons. The van der Waals surface area contributed by atoms with E-state index in [0.29, 0.717) is 17.2 Å². The summed E-state index contributed by atoms with van der Waals surface area (Å²) >= 11 is 9.97. The second kappa shape index (κ2) is 4.49. The average Bonchev–Trinajstić information content (AvgIpc) is 2.70. The minimum Gasteiger partial charge on any atom is -0.282 e. The summed E-state index contributed by atoms with van der Waals surface area (Å²) in [6.45, 7) is 2.42. The number of hydrogen-bond donors (Lipinski definition) is 2. The maximum Gasteiger partial charge on any atom is 0.217 e. The molecule has 0 unspecified atom stereocenters. The van der Waals surface area contributed by atoms with E-state index in [0.717, 1.165) is 16.8 Å². The molecule has 0 saturated heterocycles. The van der Waals surface area contributed by atoms with Gasteiger partial charge in [0.2, 0.25) is 5.12 Å². The normalized spacial score (nSPS) is 14.6. The number of hydrogen-bond acceptors (Lipinski definition) is 3. The van der Waals surface area contributed by atoms with E-state index in [2.05, 4.69) is 18.1 Å². The van der Waals surface area contributed by atoms with Crippen LogP contribution in [0.15, 0.2) is 18.2 Å². The summed E-state index contributed by atoms with van der Waals surface area (Å²) in [5.41, 5.74) is 5.72. The van der Waals surface area contributed by atoms with Crippen molar-refractivity contribution in [3.63, 3.8) is 0 Å². The molecular weight excluding hydrogens is 246 g/mol. The highest BCUT2D eigenvalue weighted by Crippen LogP contribution is 2.31. The van der Waals surface area contributed by atoms with Crippen LogP contribution in [0.4, 0.5) is 0 Å². The van der Waals surface area contributed by atoms with Crippen LogP contribution in [-0.2, 0) is 4.84 Å². The number of nitrogens with one attached hydrogen (secondary N) is 1. The Balaban J connectivity index is 2.59. The number of halogens is 1. The molecule has 2 rings (SSSR count). The van der Waals surface area contributed by atoms with Crippen molar-refractivity contribution in [2.45, 2.75) is 6.92 Å². The lowest BCUT2D eigenvalue weighted by Crippen LogP contribution is -2.08. The van der Waals surface area contributed by atoms with E-state index in [1.54, 1.807) is 6.07 Å². The summed E-state index contributed by atoms with van der Waals surface area (Å²) in [6, 6.07) is 3.51. The van der Waals surface area contributed by atoms with E-state index in [1.807, 2.05) is 19.1 Å². The Morgan fingerprint density at radius 3 is 2.88 bits per heavy atom. The number of rotatable bonds is 2. The van der Waals surface area contributed by atoms with Gasteiger partial charge in [-0.15, -0.1) is 12.6 Å². The van der Waals surface area contributed by atoms with Crippen molar-refractivity contribution in [3.8, 4) is 0 Å². The van der Waals surface area contributed by atoms with Gasteiger partial charge in [-0.1, -0.05) is 17.7 Å². The quantitative estimate of drug-likeness (QED) is 0.798. The summed E-state index contributed by atoms with van der Waals surface area (Å²) in [5, 5.41) is 0.0648. The standard InChI is InChI=1S/C11H10ClNO2S/c1-6-2-3-7(11(14)16)10(12)9(6)8-4-5-15-13-8/h2-4,13H,5H2,1H3,(H,14,16). The molecule has 0 radical (unpaired) electrons. The van der Waals surface area contributed by atoms with Crippen molar-refractivity contribution in [2.75, 3.05) is 6.61 Å². The molecule has 1 heterocycles. The topological polar surface area (TPSA) is 38.3 Å². The third-order valence-corrected chi connectivity index (χ3v) is 3.04. The summed E-state index contributed by atoms with van der Waals surface area (Å²) < 4.78 is 0. The lowest BCUT2D eigenvalue weighted by atomic mass is 10.0. The molecular formula is C11H10ClNO2S. The van der Waals surface area contributed by atoms with Crippen molar-refractivity contribution in [3.05, 3.63) is 39.9 Å². The molecule has 0 bridgehead atoms. The van der Waals surface area contributed by atoms with Gasteiger partial charge in [0.15, 0.2) is 0 Å². The smallest absolute Gasteiger partial charge is 0.217 e. The van der Waals surface area contributed by atoms with Gasteiger partial charge in [-0.25, -0.2) is 0 Å². The highest BCUT2D eigenvalue weighted by Gasteiger charge is 2.18. The van der Waals surface area contributed by atoms with Crippen LogP contribution in [0.2, 0.25) is 5.02 Å². The molecule has 16 heavy (non-hydrogen) atoms. The van der Waals surface area contributed by atoms with Crippen LogP contribution in [0.5, 0.6) is 0 Å². The number of benzene rings is 1. The van der Waals surface area contributed by atoms with Gasteiger partial charge in [-0.2, -0.15) is 0 Å². The van der Waals surface area contributed by atoms with Crippen molar-refractivity contribution < 1.29 is 9.63 Å². The largest absolute Gasteiger partial charge is 0.282 e. The highest BCUT2D eigenvalue weighted by molar-refractivity contribution is 7.97. The van der Waals surface area contributed by atoms with Gasteiger partial charge in [-0.05, 0) is 24.6 Å². The van der Waals surface area contributed by atoms with Crippen LogP contribution < -0.4 is 5.48 Å². The van der Waals surface area contributed by atoms with Crippen LogP contribution in [0, 0.1) is 6.92 Å². The molecule has 1 aliphatic heterocycles. The highest BCUT2D eigenvalue weighted by atomic mass is 35.5. The van der Waals surface area contributed by atoms with E-state index in [1.165, 1.54) is 0 Å². The minimum atomic E-state index is -0.342. The van der Waals surface area contributed by atoms with Crippen LogP contribution in [0.1, 0.15) is 21.5 Å². The van der Waals surface area contributed by atoms with E-state index in [4.69, 9.17) is 16.4 Å². The second-order valence-corrected chi connectivity index (χ2v) is 4.24. The monoisotopic (exact) mass is 255 g/mol. The molecule has 0 spiro atoms. The first-order valence-electron chi connectivity index (χ1n) is 4.72. The second-order valence-electron chi connectivity index (χ2n) is 3.46. The Morgan fingerprint density at radius 1 is 1.56 bits per heavy atom. The van der Waals surface area contributed by atoms with Crippen molar-refractivity contribution in [1.29, 1.82) is 0 Å². The molecule has 0 atom stereocenters. The molecule has 0 saturated carbocycles. The average molecular weight is 256 g/mol. The molecule has 1 aliphatic rings. The number of aryl methyl sites for hydroxylation is 1. The maximum atomic E-state index is 11.3. The Labute approximate surface area is 104 Å². The lowest BCUT2D eigenvalue weighted by molar-refractivity contribution is 0.109. The third-order valence-electron chi connectivity index (χ3n) is 2.40. The van der Waals surface area contributed by atoms with Crippen LogP contribution in [0.25, 0.3) is 5.70 Å². The first kappa shape index (κ1) is 11.5. The number of carbonyl (C=O) groups is 1. The predicted molar refractivity (Wildman–Crippen MR) is 66.6 cm³/mol. The maximum absolute atomic E-state index is 11.3. The zero-order chi connectivity index (χ0) is 11.7. The fraction of sp³-hybridized carbons (Fsp3) is 0.182. The summed E-state index contributed by atoms with van der Waals surface area (Å²) in [5.74, 6) is 0. The van der Waals surface area contributed by atoms with Gasteiger partial charge >= 0.3 is 0 Å². The van der Waals surface area contributed by atoms with Gasteiger partial charge in [0.05, 0.1) is 17.3 Å². The fourth-order valence-corrected chi connectivity index (χ4v) is 2.26. The molecule has 1 N–H and O–H groups in total. The van der Waals surface area contributed by atoms with Gasteiger partial charge in [-0.3, -0.25) is 15.1 Å². The van der Waals surface area contributed by atoms with E-state index >= 15 is 0 Å². The van der Waals surface area contributed by atoms with Crippen molar-refractivity contribution >= 4 is 35.0 Å². The molecule has 5 heteroatoms. The SMILES string of the molecule is Cc1ccc(C(=O)S)c(Cl)c1C1=CCON1. The van der Waals surface area contributed by atoms with Gasteiger partial charge in [0.1, 0.15) is 0 Å². The van der Waals surface area contributed by atoms with E-state index < -0.39 is 0 Å². The van der Waals surface area contributed by atoms with Gasteiger partial charge < -0.3 is 0 Å². The molecule has 3 nitrogen and oxygen atoms in total. The molecule has 0 fully saturated rings. The molecule has 0 amide bonds. The molecule has 0 aromatic heterocycles. The fourth-order valence-electron chi connectivity index (χ4n) is 1.61. The number of thiol groups is 1. The van der Waals surface area contributed by atoms with Crippen LogP contribution in [-0.4, -0.2) is 11.7 Å². The zero-order valence-electron chi connectivity index (χ0n) is 8.58. The minimum absolute atomic E-state index is 0.342. The van der Waals surface area contributed by atoms with Gasteiger partial charge in [0, 0.05) is 11.1 Å². The van der Waals surface area contributed by atoms with Crippen LogP contribution >= 0.6 is 24.2 Å². The van der Waals surface area contributed by atoms with E-state index in [9.17, 15) is 4.79 Å². The predicted octanol–water partition coefficient (Wildman–Crippen LogP) is 2.59. The number of hydroxylamine groups is 1. The Bertz CT molecular complexity index is 485. The summed E-state index contributed by atoms with van der Waals surface area (Å²) in [4.78, 5) is 16.3. The zero-order valence-corrected chi connectivity index (χ0v) is 10.2. The molecule has 1 aromatic carbocycles. The van der Waals surface area contributed by atoms with Crippen LogP contribution in [0.3, 0.4) is 0 Å². The Kier molecular flexibility index (Phi) is 3.23. The van der Waals surface area contributed by atoms with Crippen molar-refractivity contribution in [2.24, 2.45) is 0 Å². The molecule has 1 aromatic rings. The number of carbonyl (C=O) groups excluding carboxylic acids is 1. The first-order chi connectivity index (χ1) is 7.61. The van der Waals surface area contributed by atoms with Crippen molar-refractivity contribution in [1.82, 2.24) is 5.48 Å². The Hall–Kier alpha value is -0.970. The van der Waals surface area contributed by atoms with Gasteiger partial charge in [0.25, 0.3) is 0 Å². The third kappa shape index (κ3) is 1.96. The molecule has 0 aliphatic carbocycles. The Morgan fingerprint density at radius 2 is 2.31 bits per heavy atom. The summed E-state index contributed by atoms with van der Waals surface area (Å²) in [7, 11) is 0. The lowest BCUT2D eigenvalue weighted by Gasteiger charge is -2.11. The van der Waals surface area contributed by atoms with E-state index in [-0.39, 0.29) is 5.12 Å². The first-order valence-corrected chi connectivity index (χ1v) is 5.54. The summed E-state index contributed by atoms with van der Waals surface area (Å²) in [6.07, 6.45) is 1.88.